The molecule has 260 valence electrons. The number of benzene rings is 2. The summed E-state index contributed by atoms with van der Waals surface area (Å²) in [5.41, 5.74) is 2.75. The summed E-state index contributed by atoms with van der Waals surface area (Å²) in [6.07, 6.45) is 1.97. The van der Waals surface area contributed by atoms with Gasteiger partial charge in [-0.1, -0.05) is 42.4 Å². The van der Waals surface area contributed by atoms with Crippen LogP contribution in [0.1, 0.15) is 67.4 Å². The fourth-order valence-electron chi connectivity index (χ4n) is 5.67. The van der Waals surface area contributed by atoms with Gasteiger partial charge >= 0.3 is 6.03 Å². The fourth-order valence-corrected chi connectivity index (χ4v) is 5.67. The first-order valence-corrected chi connectivity index (χ1v) is 16.6. The van der Waals surface area contributed by atoms with Gasteiger partial charge in [-0.2, -0.15) is 0 Å². The third-order valence-electron chi connectivity index (χ3n) is 8.61. The maximum absolute atomic E-state index is 14.4. The number of hydrogen-bond donors (Lipinski definition) is 3. The molecule has 12 heteroatoms. The van der Waals surface area contributed by atoms with Gasteiger partial charge in [0.05, 0.1) is 36.8 Å². The molecule has 3 N–H and O–H groups in total. The summed E-state index contributed by atoms with van der Waals surface area (Å²) < 4.78 is 17.8. The summed E-state index contributed by atoms with van der Waals surface area (Å²) in [6.45, 7) is 9.93. The maximum atomic E-state index is 14.4. The average molecular weight is 664 g/mol. The number of aromatic nitrogens is 1. The van der Waals surface area contributed by atoms with Crippen LogP contribution in [0, 0.1) is 19.8 Å². The summed E-state index contributed by atoms with van der Waals surface area (Å²) in [5.74, 6) is 0.154. The molecule has 1 aromatic heterocycles. The number of rotatable bonds is 8. The van der Waals surface area contributed by atoms with Gasteiger partial charge in [0, 0.05) is 38.3 Å². The molecule has 2 heterocycles. The molecule has 0 unspecified atom stereocenters. The van der Waals surface area contributed by atoms with Crippen molar-refractivity contribution in [1.29, 1.82) is 0 Å². The number of urea groups is 1. The number of anilines is 2. The molecule has 48 heavy (non-hydrogen) atoms. The van der Waals surface area contributed by atoms with Crippen LogP contribution in [0.15, 0.2) is 53.1 Å². The van der Waals surface area contributed by atoms with Gasteiger partial charge in [-0.25, -0.2) is 4.79 Å². The minimum atomic E-state index is -0.532. The number of likely N-dealkylation sites (N-methyl/N-ethyl adjacent to an activating group) is 1. The Labute approximate surface area is 282 Å². The standard InChI is InChI=1S/C36H49N5O7/c1-23-20-41(24(2)22-42)35(44)30-19-29(37-33(43)18-28-13-8-7-9-14-28)15-16-31(30)47-25(3)12-10-11-17-46-32(23)21-40(6)36(45)38-34-26(4)39-48-27(34)5/h7-9,13-16,19,23-25,32,42H,10-12,17-18,20-22H2,1-6H3,(H,37,43)(H,38,45)/t23-,24-,25+,32+/m0/s1. The van der Waals surface area contributed by atoms with Crippen LogP contribution in [0.4, 0.5) is 16.2 Å². The molecule has 3 aromatic rings. The Morgan fingerprint density at radius 3 is 2.54 bits per heavy atom. The van der Waals surface area contributed by atoms with E-state index < -0.39 is 12.1 Å². The number of amides is 4. The third-order valence-corrected chi connectivity index (χ3v) is 8.61. The number of aryl methyl sites for hydroxylation is 2. The second-order valence-electron chi connectivity index (χ2n) is 12.7. The molecular weight excluding hydrogens is 614 g/mol. The Balaban J connectivity index is 1.58. The minimum absolute atomic E-state index is 0.185. The van der Waals surface area contributed by atoms with Gasteiger partial charge in [-0.3, -0.25) is 9.59 Å². The highest BCUT2D eigenvalue weighted by atomic mass is 16.5. The molecule has 1 aliphatic heterocycles. The van der Waals surface area contributed by atoms with E-state index in [1.54, 1.807) is 55.8 Å². The molecule has 0 fully saturated rings. The average Bonchev–Trinajstić information content (AvgIpc) is 3.38. The van der Waals surface area contributed by atoms with Crippen molar-refractivity contribution < 1.29 is 33.5 Å². The number of nitrogens with zero attached hydrogens (tertiary/aromatic N) is 3. The van der Waals surface area contributed by atoms with E-state index in [1.165, 1.54) is 0 Å². The predicted molar refractivity (Wildman–Crippen MR) is 183 cm³/mol. The van der Waals surface area contributed by atoms with Crippen molar-refractivity contribution in [2.45, 2.75) is 78.6 Å². The van der Waals surface area contributed by atoms with Crippen LogP contribution in [0.3, 0.4) is 0 Å². The Bertz CT molecular complexity index is 1510. The lowest BCUT2D eigenvalue weighted by Crippen LogP contribution is -2.48. The third kappa shape index (κ3) is 9.80. The number of aliphatic hydroxyl groups is 1. The molecule has 0 bridgehead atoms. The topological polar surface area (TPSA) is 146 Å². The normalized spacial score (nSPS) is 19.8. The largest absolute Gasteiger partial charge is 0.490 e. The fraction of sp³-hybridized carbons (Fsp3) is 0.500. The second-order valence-corrected chi connectivity index (χ2v) is 12.7. The molecule has 4 rings (SSSR count). The van der Waals surface area contributed by atoms with E-state index in [1.807, 2.05) is 44.2 Å². The van der Waals surface area contributed by atoms with Crippen LogP contribution in [-0.2, 0) is 16.0 Å². The summed E-state index contributed by atoms with van der Waals surface area (Å²) in [7, 11) is 1.69. The van der Waals surface area contributed by atoms with E-state index >= 15 is 0 Å². The Kier molecular flexibility index (Phi) is 13.0. The summed E-state index contributed by atoms with van der Waals surface area (Å²) in [5, 5.41) is 19.9. The zero-order valence-electron chi connectivity index (χ0n) is 28.8. The van der Waals surface area contributed by atoms with E-state index in [2.05, 4.69) is 15.8 Å². The van der Waals surface area contributed by atoms with Crippen molar-refractivity contribution in [1.82, 2.24) is 15.0 Å². The molecule has 0 saturated heterocycles. The SMILES string of the molecule is Cc1noc(C)c1NC(=O)N(C)C[C@H]1OCCCC[C@@H](C)Oc2ccc(NC(=O)Cc3ccccc3)cc2C(=O)N([C@@H](C)CO)C[C@@H]1C. The lowest BCUT2D eigenvalue weighted by molar-refractivity contribution is -0.115. The van der Waals surface area contributed by atoms with Gasteiger partial charge in [0.25, 0.3) is 5.91 Å². The molecule has 4 atom stereocenters. The number of carbonyl (C=O) groups excluding carboxylic acids is 3. The van der Waals surface area contributed by atoms with Crippen LogP contribution < -0.4 is 15.4 Å². The Morgan fingerprint density at radius 1 is 1.10 bits per heavy atom. The van der Waals surface area contributed by atoms with Crippen LogP contribution >= 0.6 is 0 Å². The van der Waals surface area contributed by atoms with Crippen molar-refractivity contribution >= 4 is 29.2 Å². The Morgan fingerprint density at radius 2 is 1.85 bits per heavy atom. The molecular formula is C36H49N5O7. The van der Waals surface area contributed by atoms with Crippen molar-refractivity contribution in [3.05, 3.63) is 71.1 Å². The van der Waals surface area contributed by atoms with Gasteiger partial charge in [-0.15, -0.1) is 0 Å². The van der Waals surface area contributed by atoms with Crippen molar-refractivity contribution in [3.8, 4) is 5.75 Å². The van der Waals surface area contributed by atoms with Gasteiger partial charge in [-0.05, 0) is 70.7 Å². The summed E-state index contributed by atoms with van der Waals surface area (Å²) in [6, 6.07) is 13.7. The molecule has 0 spiro atoms. The first-order chi connectivity index (χ1) is 23.0. The van der Waals surface area contributed by atoms with Crippen LogP contribution in [0.2, 0.25) is 0 Å². The molecule has 12 nitrogen and oxygen atoms in total. The predicted octanol–water partition coefficient (Wildman–Crippen LogP) is 5.43. The smallest absolute Gasteiger partial charge is 0.321 e. The highest BCUT2D eigenvalue weighted by molar-refractivity contribution is 6.00. The molecule has 0 radical (unpaired) electrons. The number of ether oxygens (including phenoxy) is 2. The maximum Gasteiger partial charge on any atom is 0.321 e. The van der Waals surface area contributed by atoms with Crippen molar-refractivity contribution in [2.75, 3.05) is 44.0 Å². The highest BCUT2D eigenvalue weighted by Gasteiger charge is 2.31. The first kappa shape index (κ1) is 36.4. The summed E-state index contributed by atoms with van der Waals surface area (Å²) >= 11 is 0. The van der Waals surface area contributed by atoms with E-state index in [0.29, 0.717) is 35.2 Å². The van der Waals surface area contributed by atoms with Gasteiger partial charge in [0.15, 0.2) is 5.76 Å². The lowest BCUT2D eigenvalue weighted by Gasteiger charge is -2.35. The van der Waals surface area contributed by atoms with E-state index in [4.69, 9.17) is 14.0 Å². The summed E-state index contributed by atoms with van der Waals surface area (Å²) in [4.78, 5) is 43.6. The number of hydrogen-bond acceptors (Lipinski definition) is 8. The number of carbonyl (C=O) groups is 3. The number of aliphatic hydroxyl groups excluding tert-OH is 1. The van der Waals surface area contributed by atoms with Crippen LogP contribution in [0.5, 0.6) is 5.75 Å². The highest BCUT2D eigenvalue weighted by Crippen LogP contribution is 2.29. The van der Waals surface area contributed by atoms with E-state index in [0.717, 1.165) is 24.8 Å². The first-order valence-electron chi connectivity index (χ1n) is 16.6. The van der Waals surface area contributed by atoms with Crippen molar-refractivity contribution in [3.63, 3.8) is 0 Å². The lowest BCUT2D eigenvalue weighted by atomic mass is 10.0. The second kappa shape index (κ2) is 17.1. The van der Waals surface area contributed by atoms with E-state index in [-0.39, 0.29) is 61.5 Å². The zero-order valence-corrected chi connectivity index (χ0v) is 28.8. The Hall–Kier alpha value is -4.42. The zero-order chi connectivity index (χ0) is 34.8. The van der Waals surface area contributed by atoms with Crippen molar-refractivity contribution in [2.24, 2.45) is 5.92 Å². The van der Waals surface area contributed by atoms with Crippen LogP contribution in [-0.4, -0.2) is 89.5 Å². The number of nitrogens with one attached hydrogen (secondary N) is 2. The number of fused-ring (bicyclic) bond motifs is 1. The quantitative estimate of drug-likeness (QED) is 0.289. The van der Waals surface area contributed by atoms with Gasteiger partial charge in [0.1, 0.15) is 17.1 Å². The van der Waals surface area contributed by atoms with Crippen LogP contribution in [0.25, 0.3) is 0 Å². The molecule has 2 aromatic carbocycles. The monoisotopic (exact) mass is 663 g/mol. The minimum Gasteiger partial charge on any atom is -0.490 e. The van der Waals surface area contributed by atoms with Gasteiger partial charge in [0.2, 0.25) is 5.91 Å². The molecule has 0 saturated carbocycles. The van der Waals surface area contributed by atoms with Gasteiger partial charge < -0.3 is 39.5 Å². The molecule has 4 amide bonds. The molecule has 0 aliphatic carbocycles. The molecule has 1 aliphatic rings. The van der Waals surface area contributed by atoms with E-state index in [9.17, 15) is 19.5 Å².